The van der Waals surface area contributed by atoms with Crippen LogP contribution in [0.1, 0.15) is 90.9 Å². The number of aliphatic hydroxyl groups is 2. The normalized spacial score (nSPS) is 25.8. The molecule has 1 saturated heterocycles. The van der Waals surface area contributed by atoms with Crippen molar-refractivity contribution in [1.29, 1.82) is 0 Å². The van der Waals surface area contributed by atoms with Crippen molar-refractivity contribution in [3.63, 3.8) is 0 Å². The Morgan fingerprint density at radius 3 is 2.42 bits per heavy atom. The Hall–Kier alpha value is -1.40. The van der Waals surface area contributed by atoms with Gasteiger partial charge in [-0.3, -0.25) is 9.59 Å². The first-order chi connectivity index (χ1) is 14.7. The largest absolute Gasteiger partial charge is 0.481 e. The number of carbonyl (C=O) groups excluding carboxylic acids is 1. The minimum atomic E-state index is -0.740. The van der Waals surface area contributed by atoms with Crippen LogP contribution in [0.25, 0.3) is 0 Å². The molecule has 1 amide bonds. The van der Waals surface area contributed by atoms with Crippen LogP contribution in [0.3, 0.4) is 0 Å². The highest BCUT2D eigenvalue weighted by molar-refractivity contribution is 5.77. The molecule has 4 unspecified atom stereocenters. The molecule has 0 aromatic carbocycles. The molecule has 6 nitrogen and oxygen atoms in total. The summed E-state index contributed by atoms with van der Waals surface area (Å²) in [5.74, 6) is -0.164. The molecule has 1 saturated carbocycles. The van der Waals surface area contributed by atoms with Crippen molar-refractivity contribution in [1.82, 2.24) is 4.90 Å². The topological polar surface area (TPSA) is 98.1 Å². The lowest BCUT2D eigenvalue weighted by atomic mass is 9.81. The average Bonchev–Trinajstić information content (AvgIpc) is 3.08. The molecule has 0 bridgehead atoms. The van der Waals surface area contributed by atoms with E-state index in [4.69, 9.17) is 5.11 Å². The van der Waals surface area contributed by atoms with Crippen molar-refractivity contribution in [2.75, 3.05) is 13.1 Å². The van der Waals surface area contributed by atoms with Gasteiger partial charge in [-0.25, -0.2) is 0 Å². The smallest absolute Gasteiger partial charge is 0.303 e. The van der Waals surface area contributed by atoms with Crippen LogP contribution in [0.15, 0.2) is 12.2 Å². The van der Waals surface area contributed by atoms with E-state index in [-0.39, 0.29) is 30.3 Å². The van der Waals surface area contributed by atoms with Crippen LogP contribution >= 0.6 is 0 Å². The second kappa shape index (κ2) is 12.6. The number of hydrogen-bond acceptors (Lipinski definition) is 4. The highest BCUT2D eigenvalue weighted by Gasteiger charge is 2.34. The zero-order valence-electron chi connectivity index (χ0n) is 19.5. The lowest BCUT2D eigenvalue weighted by Gasteiger charge is -2.33. The number of unbranched alkanes of at least 4 members (excludes halogenated alkanes) is 3. The van der Waals surface area contributed by atoms with Gasteiger partial charge in [0.1, 0.15) is 0 Å². The molecule has 0 spiro atoms. The Morgan fingerprint density at radius 1 is 1.06 bits per heavy atom. The first-order valence-corrected chi connectivity index (χ1v) is 12.2. The van der Waals surface area contributed by atoms with Gasteiger partial charge in [-0.05, 0) is 56.8 Å². The molecule has 6 heteroatoms. The zero-order chi connectivity index (χ0) is 22.9. The molecular formula is C25H43NO5. The molecule has 1 heterocycles. The van der Waals surface area contributed by atoms with Gasteiger partial charge in [0.15, 0.2) is 0 Å². The van der Waals surface area contributed by atoms with E-state index in [1.54, 1.807) is 0 Å². The van der Waals surface area contributed by atoms with Crippen molar-refractivity contribution < 1.29 is 24.9 Å². The Bertz CT molecular complexity index is 597. The maximum atomic E-state index is 12.6. The van der Waals surface area contributed by atoms with E-state index in [0.717, 1.165) is 64.5 Å². The third kappa shape index (κ3) is 8.57. The second-order valence-electron chi connectivity index (χ2n) is 10.3. The van der Waals surface area contributed by atoms with Gasteiger partial charge >= 0.3 is 5.97 Å². The van der Waals surface area contributed by atoms with E-state index >= 15 is 0 Å². The number of amides is 1. The van der Waals surface area contributed by atoms with Crippen LogP contribution in [0, 0.1) is 17.3 Å². The number of carbonyl (C=O) groups is 2. The summed E-state index contributed by atoms with van der Waals surface area (Å²) in [5.41, 5.74) is -0.526. The van der Waals surface area contributed by atoms with E-state index < -0.39 is 17.5 Å². The molecule has 0 aromatic heterocycles. The molecule has 1 aliphatic heterocycles. The van der Waals surface area contributed by atoms with E-state index in [1.807, 2.05) is 24.8 Å². The van der Waals surface area contributed by atoms with E-state index in [1.165, 1.54) is 6.42 Å². The first kappa shape index (κ1) is 25.9. The molecule has 1 aliphatic carbocycles. The number of aliphatic hydroxyl groups excluding tert-OH is 2. The van der Waals surface area contributed by atoms with E-state index in [2.05, 4.69) is 6.08 Å². The number of likely N-dealkylation sites (tertiary alicyclic amines) is 1. The zero-order valence-corrected chi connectivity index (χ0v) is 19.5. The maximum Gasteiger partial charge on any atom is 0.303 e. The Balaban J connectivity index is 1.80. The Kier molecular flexibility index (Phi) is 10.5. The summed E-state index contributed by atoms with van der Waals surface area (Å²) in [6.07, 6.45) is 13.0. The van der Waals surface area contributed by atoms with Gasteiger partial charge in [0.05, 0.1) is 12.2 Å². The van der Waals surface area contributed by atoms with Gasteiger partial charge in [0.25, 0.3) is 0 Å². The van der Waals surface area contributed by atoms with Crippen molar-refractivity contribution in [2.45, 2.75) is 103 Å². The van der Waals surface area contributed by atoms with Gasteiger partial charge in [-0.15, -0.1) is 0 Å². The molecular weight excluding hydrogens is 394 g/mol. The van der Waals surface area contributed by atoms with E-state index in [9.17, 15) is 19.8 Å². The fraction of sp³-hybridized carbons (Fsp3) is 0.840. The second-order valence-corrected chi connectivity index (χ2v) is 10.3. The molecule has 3 N–H and O–H groups in total. The van der Waals surface area contributed by atoms with Crippen molar-refractivity contribution in [2.24, 2.45) is 17.3 Å². The molecule has 178 valence electrons. The third-order valence-electron chi connectivity index (χ3n) is 7.17. The predicted octanol–water partition coefficient (Wildman–Crippen LogP) is 4.14. The van der Waals surface area contributed by atoms with Crippen LogP contribution in [0.4, 0.5) is 0 Å². The molecule has 4 atom stereocenters. The van der Waals surface area contributed by atoms with Crippen LogP contribution in [-0.2, 0) is 9.59 Å². The molecule has 2 fully saturated rings. The summed E-state index contributed by atoms with van der Waals surface area (Å²) < 4.78 is 0. The van der Waals surface area contributed by atoms with Crippen LogP contribution < -0.4 is 0 Å². The Morgan fingerprint density at radius 2 is 1.74 bits per heavy atom. The van der Waals surface area contributed by atoms with Crippen molar-refractivity contribution in [3.05, 3.63) is 12.2 Å². The number of hydrogen-bond donors (Lipinski definition) is 3. The minimum absolute atomic E-state index is 0.134. The standard InChI is InChI=1S/C25H43NO5/c1-25(2,18-23(29)26-16-8-5-9-17-26)22(28)15-13-19-12-14-21(27)20(19)10-6-3-4-7-11-24(30)31/h13,15,19-22,27-28H,3-12,14,16-18H2,1-2H3,(H,30,31). The van der Waals surface area contributed by atoms with Gasteiger partial charge < -0.3 is 20.2 Å². The monoisotopic (exact) mass is 437 g/mol. The predicted molar refractivity (Wildman–Crippen MR) is 122 cm³/mol. The Labute approximate surface area is 187 Å². The number of piperidine rings is 1. The van der Waals surface area contributed by atoms with Crippen LogP contribution in [0.5, 0.6) is 0 Å². The number of carboxylic acid groups (broad SMARTS) is 1. The summed E-state index contributed by atoms with van der Waals surface area (Å²) in [6, 6.07) is 0. The van der Waals surface area contributed by atoms with Gasteiger partial charge in [0.2, 0.25) is 5.91 Å². The molecule has 2 rings (SSSR count). The summed E-state index contributed by atoms with van der Waals surface area (Å²) in [6.45, 7) is 5.56. The van der Waals surface area contributed by atoms with Gasteiger partial charge in [-0.2, -0.15) is 0 Å². The number of rotatable bonds is 12. The fourth-order valence-electron chi connectivity index (χ4n) is 4.99. The lowest BCUT2D eigenvalue weighted by molar-refractivity contribution is -0.137. The van der Waals surface area contributed by atoms with Crippen LogP contribution in [0.2, 0.25) is 0 Å². The fourth-order valence-corrected chi connectivity index (χ4v) is 4.99. The molecule has 31 heavy (non-hydrogen) atoms. The number of allylic oxidation sites excluding steroid dienone is 1. The first-order valence-electron chi connectivity index (χ1n) is 12.2. The summed E-state index contributed by atoms with van der Waals surface area (Å²) in [5, 5.41) is 29.9. The molecule has 0 radical (unpaired) electrons. The number of nitrogens with zero attached hydrogens (tertiary/aromatic N) is 1. The highest BCUT2D eigenvalue weighted by Crippen LogP contribution is 2.37. The van der Waals surface area contributed by atoms with Crippen molar-refractivity contribution >= 4 is 11.9 Å². The minimum Gasteiger partial charge on any atom is -0.481 e. The van der Waals surface area contributed by atoms with E-state index in [0.29, 0.717) is 12.8 Å². The highest BCUT2D eigenvalue weighted by atomic mass is 16.4. The van der Waals surface area contributed by atoms with Crippen molar-refractivity contribution in [3.8, 4) is 0 Å². The maximum absolute atomic E-state index is 12.6. The summed E-state index contributed by atoms with van der Waals surface area (Å²) >= 11 is 0. The average molecular weight is 438 g/mol. The summed E-state index contributed by atoms with van der Waals surface area (Å²) in [7, 11) is 0. The number of carboxylic acids is 1. The van der Waals surface area contributed by atoms with Gasteiger partial charge in [0, 0.05) is 31.3 Å². The molecule has 2 aliphatic rings. The lowest BCUT2D eigenvalue weighted by Crippen LogP contribution is -2.40. The SMILES string of the molecule is CC(C)(CC(=O)N1CCCCC1)C(O)C=CC1CCC(O)C1CCCCCCC(=O)O. The molecule has 0 aromatic rings. The van der Waals surface area contributed by atoms with Gasteiger partial charge in [-0.1, -0.05) is 45.3 Å². The number of aliphatic carboxylic acids is 1. The summed E-state index contributed by atoms with van der Waals surface area (Å²) in [4.78, 5) is 25.1. The third-order valence-corrected chi connectivity index (χ3v) is 7.17. The van der Waals surface area contributed by atoms with Crippen LogP contribution in [-0.4, -0.2) is 57.4 Å². The quantitative estimate of drug-likeness (QED) is 0.315.